The van der Waals surface area contributed by atoms with Crippen molar-refractivity contribution in [2.45, 2.75) is 5.92 Å². The molecule has 1 aliphatic rings. The number of hydrogen-bond donors (Lipinski definition) is 1. The van der Waals surface area contributed by atoms with Gasteiger partial charge in [-0.05, 0) is 12.1 Å². The zero-order valence-corrected chi connectivity index (χ0v) is 11.8. The number of alkyl halides is 2. The van der Waals surface area contributed by atoms with Crippen molar-refractivity contribution in [1.82, 2.24) is 9.88 Å². The van der Waals surface area contributed by atoms with Gasteiger partial charge in [0.2, 0.25) is 0 Å². The lowest BCUT2D eigenvalue weighted by molar-refractivity contribution is -0.0734. The van der Waals surface area contributed by atoms with E-state index >= 15 is 0 Å². The van der Waals surface area contributed by atoms with Gasteiger partial charge in [0, 0.05) is 26.2 Å². The fourth-order valence-electron chi connectivity index (χ4n) is 2.51. The number of aliphatic hydroxyl groups excluding tert-OH is 1. The molecule has 0 amide bonds. The van der Waals surface area contributed by atoms with E-state index in [0.717, 1.165) is 0 Å². The van der Waals surface area contributed by atoms with E-state index in [-0.39, 0.29) is 5.58 Å². The van der Waals surface area contributed by atoms with E-state index in [0.29, 0.717) is 37.7 Å². The van der Waals surface area contributed by atoms with Crippen LogP contribution in [-0.2, 0) is 0 Å². The third kappa shape index (κ3) is 3.02. The van der Waals surface area contributed by atoms with Crippen molar-refractivity contribution in [3.63, 3.8) is 0 Å². The number of rotatable bonds is 4. The summed E-state index contributed by atoms with van der Waals surface area (Å²) in [7, 11) is 0. The van der Waals surface area contributed by atoms with Crippen LogP contribution in [0.5, 0.6) is 0 Å². The second-order valence-electron chi connectivity index (χ2n) is 5.36. The summed E-state index contributed by atoms with van der Waals surface area (Å²) >= 11 is 0. The minimum absolute atomic E-state index is 0.103. The molecule has 0 spiro atoms. The van der Waals surface area contributed by atoms with Crippen LogP contribution in [0.15, 0.2) is 22.6 Å². The van der Waals surface area contributed by atoms with Gasteiger partial charge in [0.05, 0.1) is 6.54 Å². The molecule has 0 bridgehead atoms. The first kappa shape index (κ1) is 15.1. The Labute approximate surface area is 124 Å². The Morgan fingerprint density at radius 2 is 1.95 bits per heavy atom. The number of aliphatic hydroxyl groups is 1. The van der Waals surface area contributed by atoms with Gasteiger partial charge in [0.15, 0.2) is 11.4 Å². The Morgan fingerprint density at radius 1 is 1.23 bits per heavy atom. The highest BCUT2D eigenvalue weighted by Gasteiger charge is 2.32. The molecule has 0 saturated carbocycles. The number of aromatic nitrogens is 1. The van der Waals surface area contributed by atoms with Crippen LogP contribution < -0.4 is 4.90 Å². The largest absolute Gasteiger partial charge is 0.420 e. The maximum Gasteiger partial charge on any atom is 0.298 e. The zero-order chi connectivity index (χ0) is 15.7. The zero-order valence-electron chi connectivity index (χ0n) is 11.8. The molecular weight excluding hydrogens is 299 g/mol. The normalized spacial score (nSPS) is 17.4. The fourth-order valence-corrected chi connectivity index (χ4v) is 2.51. The van der Waals surface area contributed by atoms with Gasteiger partial charge in [-0.15, -0.1) is 0 Å². The molecule has 8 heteroatoms. The Morgan fingerprint density at radius 3 is 2.59 bits per heavy atom. The first-order chi connectivity index (χ1) is 10.5. The quantitative estimate of drug-likeness (QED) is 0.931. The lowest BCUT2D eigenvalue weighted by Crippen LogP contribution is -2.50. The van der Waals surface area contributed by atoms with E-state index in [1.807, 2.05) is 0 Å². The van der Waals surface area contributed by atoms with Crippen molar-refractivity contribution < 1.29 is 22.7 Å². The summed E-state index contributed by atoms with van der Waals surface area (Å²) in [6.07, 6.45) is 0. The van der Waals surface area contributed by atoms with Crippen LogP contribution in [0.4, 0.5) is 19.2 Å². The maximum atomic E-state index is 13.6. The monoisotopic (exact) mass is 315 g/mol. The predicted octanol–water partition coefficient (Wildman–Crippen LogP) is 1.72. The average Bonchev–Trinajstić information content (AvgIpc) is 2.93. The Bertz CT molecular complexity index is 654. The van der Waals surface area contributed by atoms with Gasteiger partial charge in [0.25, 0.3) is 11.9 Å². The van der Waals surface area contributed by atoms with Crippen molar-refractivity contribution in [3.8, 4) is 0 Å². The van der Waals surface area contributed by atoms with Crippen LogP contribution >= 0.6 is 0 Å². The lowest BCUT2D eigenvalue weighted by Gasteiger charge is -2.35. The molecule has 1 saturated heterocycles. The number of para-hydroxylation sites is 1. The maximum absolute atomic E-state index is 13.6. The van der Waals surface area contributed by atoms with E-state index in [9.17, 15) is 13.2 Å². The molecule has 2 aromatic rings. The first-order valence-electron chi connectivity index (χ1n) is 6.99. The van der Waals surface area contributed by atoms with Crippen LogP contribution in [-0.4, -0.2) is 60.2 Å². The summed E-state index contributed by atoms with van der Waals surface area (Å²) in [6.45, 7) is 0.0800. The number of nitrogens with zero attached hydrogens (tertiary/aromatic N) is 3. The molecular formula is C14H16F3N3O2. The molecule has 0 aliphatic carbocycles. The number of halogens is 3. The third-order valence-electron chi connectivity index (χ3n) is 3.68. The topological polar surface area (TPSA) is 52.7 Å². The number of anilines is 1. The SMILES string of the molecule is OCC(F)(F)CN1CCN(c2nc3cccc(F)c3o2)CC1. The average molecular weight is 315 g/mol. The van der Waals surface area contributed by atoms with Crippen LogP contribution in [0.3, 0.4) is 0 Å². The van der Waals surface area contributed by atoms with E-state index in [1.165, 1.54) is 6.07 Å². The van der Waals surface area contributed by atoms with Crippen LogP contribution in [0, 0.1) is 5.82 Å². The summed E-state index contributed by atoms with van der Waals surface area (Å²) < 4.78 is 45.3. The number of hydrogen-bond acceptors (Lipinski definition) is 5. The number of oxazole rings is 1. The fraction of sp³-hybridized carbons (Fsp3) is 0.500. The molecule has 5 nitrogen and oxygen atoms in total. The molecule has 0 atom stereocenters. The van der Waals surface area contributed by atoms with Gasteiger partial charge in [-0.2, -0.15) is 4.98 Å². The molecule has 0 radical (unpaired) electrons. The van der Waals surface area contributed by atoms with E-state index in [4.69, 9.17) is 9.52 Å². The molecule has 0 unspecified atom stereocenters. The smallest absolute Gasteiger partial charge is 0.298 e. The first-order valence-corrected chi connectivity index (χ1v) is 6.99. The standard InChI is InChI=1S/C14H16F3N3O2/c15-10-2-1-3-11-12(10)22-13(18-11)20-6-4-19(5-7-20)8-14(16,17)9-21/h1-3,21H,4-9H2. The molecule has 3 rings (SSSR count). The minimum Gasteiger partial charge on any atom is -0.420 e. The Hall–Kier alpha value is -1.80. The molecule has 1 aromatic heterocycles. The Balaban J connectivity index is 1.66. The molecule has 1 N–H and O–H groups in total. The molecule has 2 heterocycles. The highest BCUT2D eigenvalue weighted by molar-refractivity contribution is 5.75. The third-order valence-corrected chi connectivity index (χ3v) is 3.68. The van der Waals surface area contributed by atoms with Crippen molar-refractivity contribution >= 4 is 17.1 Å². The summed E-state index contributed by atoms with van der Waals surface area (Å²) in [4.78, 5) is 7.60. The second-order valence-corrected chi connectivity index (χ2v) is 5.36. The van der Waals surface area contributed by atoms with Crippen molar-refractivity contribution in [3.05, 3.63) is 24.0 Å². The molecule has 1 fully saturated rings. The lowest BCUT2D eigenvalue weighted by atomic mass is 10.2. The number of piperazine rings is 1. The molecule has 1 aromatic carbocycles. The predicted molar refractivity (Wildman–Crippen MR) is 74.7 cm³/mol. The molecule has 22 heavy (non-hydrogen) atoms. The highest BCUT2D eigenvalue weighted by Crippen LogP contribution is 2.25. The molecule has 1 aliphatic heterocycles. The minimum atomic E-state index is -3.09. The van der Waals surface area contributed by atoms with Crippen LogP contribution in [0.1, 0.15) is 0 Å². The van der Waals surface area contributed by atoms with Crippen LogP contribution in [0.2, 0.25) is 0 Å². The van der Waals surface area contributed by atoms with E-state index in [1.54, 1.807) is 21.9 Å². The van der Waals surface area contributed by atoms with Gasteiger partial charge in [-0.3, -0.25) is 4.90 Å². The number of benzene rings is 1. The summed E-state index contributed by atoms with van der Waals surface area (Å²) in [5.74, 6) is -3.57. The van der Waals surface area contributed by atoms with Gasteiger partial charge >= 0.3 is 0 Å². The van der Waals surface area contributed by atoms with Crippen molar-refractivity contribution in [2.75, 3.05) is 44.2 Å². The van der Waals surface area contributed by atoms with Crippen LogP contribution in [0.25, 0.3) is 11.1 Å². The summed E-state index contributed by atoms with van der Waals surface area (Å²) in [5, 5.41) is 8.61. The van der Waals surface area contributed by atoms with Gasteiger partial charge < -0.3 is 14.4 Å². The van der Waals surface area contributed by atoms with E-state index in [2.05, 4.69) is 4.98 Å². The van der Waals surface area contributed by atoms with Gasteiger partial charge in [-0.1, -0.05) is 6.07 Å². The second kappa shape index (κ2) is 5.77. The molecule has 120 valence electrons. The summed E-state index contributed by atoms with van der Waals surface area (Å²) in [5.41, 5.74) is 0.538. The van der Waals surface area contributed by atoms with Crippen molar-refractivity contribution in [1.29, 1.82) is 0 Å². The number of fused-ring (bicyclic) bond motifs is 1. The van der Waals surface area contributed by atoms with E-state index < -0.39 is 24.9 Å². The van der Waals surface area contributed by atoms with Gasteiger partial charge in [-0.25, -0.2) is 13.2 Å². The highest BCUT2D eigenvalue weighted by atomic mass is 19.3. The van der Waals surface area contributed by atoms with Crippen molar-refractivity contribution in [2.24, 2.45) is 0 Å². The Kier molecular flexibility index (Phi) is 3.96. The van der Waals surface area contributed by atoms with Gasteiger partial charge in [0.1, 0.15) is 12.1 Å². The summed E-state index contributed by atoms with van der Waals surface area (Å²) in [6, 6.07) is 4.81.